The topological polar surface area (TPSA) is 79.2 Å². The van der Waals surface area contributed by atoms with E-state index in [0.717, 1.165) is 0 Å². The molecule has 0 aliphatic carbocycles. The van der Waals surface area contributed by atoms with E-state index in [1.165, 1.54) is 7.11 Å². The molecule has 0 aromatic rings. The fourth-order valence-electron chi connectivity index (χ4n) is 0.466. The number of methoxy groups -OCH3 is 1. The summed E-state index contributed by atoms with van der Waals surface area (Å²) in [5, 5.41) is 25.6. The highest BCUT2D eigenvalue weighted by Crippen LogP contribution is 1.92. The highest BCUT2D eigenvalue weighted by atomic mass is 16.6. The molecule has 0 heterocycles. The average Bonchev–Trinajstić information content (AvgIpc) is 2.06. The number of hydrogen-bond donors (Lipinski definition) is 3. The van der Waals surface area contributed by atoms with Crippen LogP contribution in [0.15, 0.2) is 0 Å². The van der Waals surface area contributed by atoms with Gasteiger partial charge in [-0.15, -0.1) is 0 Å². The smallest absolute Gasteiger partial charge is 0.178 e. The predicted octanol–water partition coefficient (Wildman–Crippen LogP) is -1.68. The lowest BCUT2D eigenvalue weighted by Crippen LogP contribution is -2.27. The predicted molar refractivity (Wildman–Crippen MR) is 36.9 cm³/mol. The zero-order chi connectivity index (χ0) is 8.69. The zero-order valence-electron chi connectivity index (χ0n) is 6.43. The monoisotopic (exact) mass is 166 g/mol. The van der Waals surface area contributed by atoms with Gasteiger partial charge in [-0.3, -0.25) is 0 Å². The van der Waals surface area contributed by atoms with Gasteiger partial charge in [0.1, 0.15) is 6.10 Å². The number of ether oxygens (including phenoxy) is 2. The average molecular weight is 166 g/mol. The second-order valence-corrected chi connectivity index (χ2v) is 2.01. The SMILES string of the molecule is CO[C@@H](CO)CO[C@@H](O)CO. The molecule has 0 fully saturated rings. The van der Waals surface area contributed by atoms with Crippen LogP contribution in [0.2, 0.25) is 0 Å². The van der Waals surface area contributed by atoms with Gasteiger partial charge in [-0.25, -0.2) is 0 Å². The Morgan fingerprint density at radius 1 is 1.27 bits per heavy atom. The highest BCUT2D eigenvalue weighted by Gasteiger charge is 2.08. The number of rotatable bonds is 6. The second kappa shape index (κ2) is 6.51. The van der Waals surface area contributed by atoms with E-state index >= 15 is 0 Å². The van der Waals surface area contributed by atoms with Crippen LogP contribution < -0.4 is 0 Å². The van der Waals surface area contributed by atoms with E-state index in [-0.39, 0.29) is 13.2 Å². The third-order valence-corrected chi connectivity index (χ3v) is 1.17. The van der Waals surface area contributed by atoms with Crippen molar-refractivity contribution < 1.29 is 24.8 Å². The molecule has 68 valence electrons. The fourth-order valence-corrected chi connectivity index (χ4v) is 0.466. The first kappa shape index (κ1) is 10.8. The van der Waals surface area contributed by atoms with Crippen LogP contribution in [0.4, 0.5) is 0 Å². The summed E-state index contributed by atoms with van der Waals surface area (Å²) in [5.41, 5.74) is 0. The molecule has 2 atom stereocenters. The third-order valence-electron chi connectivity index (χ3n) is 1.17. The van der Waals surface area contributed by atoms with E-state index in [1.807, 2.05) is 0 Å². The minimum absolute atomic E-state index is 0.0642. The molecule has 0 saturated heterocycles. The van der Waals surface area contributed by atoms with Gasteiger partial charge in [-0.1, -0.05) is 0 Å². The molecule has 3 N–H and O–H groups in total. The van der Waals surface area contributed by atoms with E-state index in [1.54, 1.807) is 0 Å². The van der Waals surface area contributed by atoms with Crippen molar-refractivity contribution in [3.63, 3.8) is 0 Å². The van der Waals surface area contributed by atoms with Gasteiger partial charge in [0.2, 0.25) is 0 Å². The maximum atomic E-state index is 8.69. The molecule has 0 aliphatic rings. The van der Waals surface area contributed by atoms with E-state index in [4.69, 9.17) is 20.1 Å². The molecule has 0 bridgehead atoms. The lowest BCUT2D eigenvalue weighted by Gasteiger charge is -2.14. The van der Waals surface area contributed by atoms with Gasteiger partial charge in [0.05, 0.1) is 19.8 Å². The summed E-state index contributed by atoms with van der Waals surface area (Å²) in [5.74, 6) is 0. The zero-order valence-corrected chi connectivity index (χ0v) is 6.43. The molecule has 0 unspecified atom stereocenters. The van der Waals surface area contributed by atoms with Crippen LogP contribution in [-0.4, -0.2) is 54.6 Å². The molecule has 0 amide bonds. The molecule has 0 saturated carbocycles. The molecule has 0 aromatic carbocycles. The summed E-state index contributed by atoms with van der Waals surface area (Å²) in [6.45, 7) is -0.564. The van der Waals surface area contributed by atoms with E-state index < -0.39 is 19.0 Å². The van der Waals surface area contributed by atoms with Crippen molar-refractivity contribution in [3.05, 3.63) is 0 Å². The molecular weight excluding hydrogens is 152 g/mol. The number of aliphatic hydroxyl groups excluding tert-OH is 3. The van der Waals surface area contributed by atoms with Crippen molar-refractivity contribution in [3.8, 4) is 0 Å². The first-order chi connectivity index (χ1) is 5.24. The van der Waals surface area contributed by atoms with Crippen LogP contribution in [0.1, 0.15) is 0 Å². The molecule has 0 aromatic heterocycles. The van der Waals surface area contributed by atoms with Gasteiger partial charge < -0.3 is 24.8 Å². The Bertz CT molecular complexity index is 83.0. The maximum Gasteiger partial charge on any atom is 0.178 e. The number of hydrogen-bond acceptors (Lipinski definition) is 5. The lowest BCUT2D eigenvalue weighted by molar-refractivity contribution is -0.149. The summed E-state index contributed by atoms with van der Waals surface area (Å²) >= 11 is 0. The van der Waals surface area contributed by atoms with Crippen LogP contribution >= 0.6 is 0 Å². The van der Waals surface area contributed by atoms with Crippen LogP contribution in [0, 0.1) is 0 Å². The summed E-state index contributed by atoms with van der Waals surface area (Å²) in [6, 6.07) is 0. The first-order valence-electron chi connectivity index (χ1n) is 3.28. The maximum absolute atomic E-state index is 8.69. The Kier molecular flexibility index (Phi) is 6.39. The van der Waals surface area contributed by atoms with Crippen molar-refractivity contribution in [2.75, 3.05) is 26.9 Å². The number of aliphatic hydroxyl groups is 3. The molecular formula is C6H14O5. The standard InChI is InChI=1S/C6H14O5/c1-10-5(2-7)4-11-6(9)3-8/h5-9H,2-4H2,1H3/t5-,6+/m0/s1. The van der Waals surface area contributed by atoms with Gasteiger partial charge >= 0.3 is 0 Å². The van der Waals surface area contributed by atoms with Crippen molar-refractivity contribution in [2.24, 2.45) is 0 Å². The van der Waals surface area contributed by atoms with Crippen molar-refractivity contribution >= 4 is 0 Å². The lowest BCUT2D eigenvalue weighted by atomic mass is 10.4. The van der Waals surface area contributed by atoms with Crippen LogP contribution in [0.5, 0.6) is 0 Å². The summed E-state index contributed by atoms with van der Waals surface area (Å²) in [6.07, 6.45) is -1.64. The minimum Gasteiger partial charge on any atom is -0.394 e. The molecule has 0 rings (SSSR count). The normalized spacial score (nSPS) is 16.4. The van der Waals surface area contributed by atoms with Crippen molar-refractivity contribution in [1.82, 2.24) is 0 Å². The largest absolute Gasteiger partial charge is 0.394 e. The summed E-state index contributed by atoms with van der Waals surface area (Å²) in [4.78, 5) is 0. The van der Waals surface area contributed by atoms with E-state index in [2.05, 4.69) is 4.74 Å². The van der Waals surface area contributed by atoms with Crippen molar-refractivity contribution in [2.45, 2.75) is 12.4 Å². The summed E-state index contributed by atoms with van der Waals surface area (Å²) < 4.78 is 9.38. The van der Waals surface area contributed by atoms with Gasteiger partial charge in [0.15, 0.2) is 6.29 Å². The van der Waals surface area contributed by atoms with Crippen molar-refractivity contribution in [1.29, 1.82) is 0 Å². The fraction of sp³-hybridized carbons (Fsp3) is 1.00. The van der Waals surface area contributed by atoms with E-state index in [0.29, 0.717) is 0 Å². The van der Waals surface area contributed by atoms with Gasteiger partial charge in [-0.2, -0.15) is 0 Å². The Balaban J connectivity index is 3.34. The van der Waals surface area contributed by atoms with Crippen LogP contribution in [0.3, 0.4) is 0 Å². The molecule has 5 nitrogen and oxygen atoms in total. The Morgan fingerprint density at radius 3 is 2.27 bits per heavy atom. The molecule has 0 radical (unpaired) electrons. The van der Waals surface area contributed by atoms with Crippen LogP contribution in [-0.2, 0) is 9.47 Å². The summed E-state index contributed by atoms with van der Waals surface area (Å²) in [7, 11) is 1.43. The Morgan fingerprint density at radius 2 is 1.91 bits per heavy atom. The first-order valence-corrected chi connectivity index (χ1v) is 3.28. The molecule has 11 heavy (non-hydrogen) atoms. The van der Waals surface area contributed by atoms with E-state index in [9.17, 15) is 0 Å². The van der Waals surface area contributed by atoms with Gasteiger partial charge in [0.25, 0.3) is 0 Å². The van der Waals surface area contributed by atoms with Gasteiger partial charge in [0, 0.05) is 7.11 Å². The minimum atomic E-state index is -1.20. The quantitative estimate of drug-likeness (QED) is 0.411. The Hall–Kier alpha value is -0.200. The van der Waals surface area contributed by atoms with Gasteiger partial charge in [-0.05, 0) is 0 Å². The molecule has 0 spiro atoms. The molecule has 5 heteroatoms. The van der Waals surface area contributed by atoms with Crippen LogP contribution in [0.25, 0.3) is 0 Å². The second-order valence-electron chi connectivity index (χ2n) is 2.01. The molecule has 0 aliphatic heterocycles. The highest BCUT2D eigenvalue weighted by molar-refractivity contribution is 4.52. The third kappa shape index (κ3) is 5.11. The Labute approximate surface area is 65.2 Å².